The molecule has 1 aliphatic carbocycles. The lowest BCUT2D eigenvalue weighted by molar-refractivity contribution is -0.135. The molecule has 2 rings (SSSR count). The van der Waals surface area contributed by atoms with Crippen molar-refractivity contribution in [2.24, 2.45) is 0 Å². The first-order valence-electron chi connectivity index (χ1n) is 9.28. The monoisotopic (exact) mass is 348 g/mol. The number of hydrogen-bond donors (Lipinski definition) is 2. The molecule has 138 valence electrons. The van der Waals surface area contributed by atoms with Crippen LogP contribution in [0.25, 0.3) is 0 Å². The molecule has 0 atom stereocenters. The van der Waals surface area contributed by atoms with Gasteiger partial charge in [0.25, 0.3) is 5.91 Å². The summed E-state index contributed by atoms with van der Waals surface area (Å²) in [5.41, 5.74) is -1.75. The minimum Gasteiger partial charge on any atom is -0.336 e. The molecule has 1 aliphatic heterocycles. The van der Waals surface area contributed by atoms with Crippen molar-refractivity contribution in [3.63, 3.8) is 0 Å². The summed E-state index contributed by atoms with van der Waals surface area (Å²) in [4.78, 5) is 38.5. The molecule has 0 spiro atoms. The van der Waals surface area contributed by atoms with E-state index in [-0.39, 0.29) is 12.5 Å². The molecule has 0 unspecified atom stereocenters. The van der Waals surface area contributed by atoms with Gasteiger partial charge >= 0.3 is 6.03 Å². The molecule has 0 bridgehead atoms. The Morgan fingerprint density at radius 3 is 2.32 bits per heavy atom. The number of nitriles is 1. The molecule has 25 heavy (non-hydrogen) atoms. The molecule has 0 aromatic carbocycles. The van der Waals surface area contributed by atoms with Gasteiger partial charge in [0.05, 0.1) is 6.07 Å². The fraction of sp³-hybridized carbons (Fsp3) is 0.778. The molecule has 1 saturated carbocycles. The van der Waals surface area contributed by atoms with E-state index in [1.807, 2.05) is 13.8 Å². The molecular formula is C18H28N4O3. The van der Waals surface area contributed by atoms with Gasteiger partial charge in [-0.25, -0.2) is 4.79 Å². The van der Waals surface area contributed by atoms with E-state index < -0.39 is 23.0 Å². The maximum atomic E-state index is 12.8. The molecule has 7 nitrogen and oxygen atoms in total. The van der Waals surface area contributed by atoms with Gasteiger partial charge in [-0.2, -0.15) is 5.26 Å². The number of imide groups is 1. The Bertz CT molecular complexity index is 569. The fourth-order valence-corrected chi connectivity index (χ4v) is 4.01. The lowest BCUT2D eigenvalue weighted by atomic mass is 9.83. The van der Waals surface area contributed by atoms with Crippen LogP contribution in [-0.4, -0.2) is 40.4 Å². The molecular weight excluding hydrogens is 320 g/mol. The van der Waals surface area contributed by atoms with Gasteiger partial charge < -0.3 is 10.6 Å². The summed E-state index contributed by atoms with van der Waals surface area (Å²) >= 11 is 0. The smallest absolute Gasteiger partial charge is 0.325 e. The molecule has 2 N–H and O–H groups in total. The highest BCUT2D eigenvalue weighted by Crippen LogP contribution is 2.29. The number of urea groups is 1. The summed E-state index contributed by atoms with van der Waals surface area (Å²) in [7, 11) is 0. The Kier molecular flexibility index (Phi) is 6.04. The standard InChI is InChI=1S/C18H28N4O3/c1-3-8-18(9-4-2)15(24)22(16(25)21-18)12-14(23)20-17(13-19)10-6-5-7-11-17/h3-12H2,1-2H3,(H,20,23)(H,21,25). The molecule has 4 amide bonds. The van der Waals surface area contributed by atoms with E-state index in [0.717, 1.165) is 37.0 Å². The van der Waals surface area contributed by atoms with Crippen LogP contribution in [0.2, 0.25) is 0 Å². The van der Waals surface area contributed by atoms with Gasteiger partial charge in [0.1, 0.15) is 17.6 Å². The van der Waals surface area contributed by atoms with Crippen LogP contribution in [0.1, 0.15) is 71.6 Å². The Balaban J connectivity index is 2.06. The third-order valence-electron chi connectivity index (χ3n) is 5.20. The Labute approximate surface area is 149 Å². The summed E-state index contributed by atoms with van der Waals surface area (Å²) < 4.78 is 0. The summed E-state index contributed by atoms with van der Waals surface area (Å²) in [5, 5.41) is 15.0. The van der Waals surface area contributed by atoms with Crippen molar-refractivity contribution in [2.75, 3.05) is 6.54 Å². The third kappa shape index (κ3) is 3.94. The third-order valence-corrected chi connectivity index (χ3v) is 5.20. The predicted molar refractivity (Wildman–Crippen MR) is 92.4 cm³/mol. The van der Waals surface area contributed by atoms with Gasteiger partial charge in [0.15, 0.2) is 0 Å². The maximum Gasteiger partial charge on any atom is 0.325 e. The first kappa shape index (κ1) is 19.2. The highest BCUT2D eigenvalue weighted by atomic mass is 16.2. The molecule has 0 radical (unpaired) electrons. The Morgan fingerprint density at radius 1 is 1.20 bits per heavy atom. The van der Waals surface area contributed by atoms with E-state index in [1.54, 1.807) is 0 Å². The van der Waals surface area contributed by atoms with Gasteiger partial charge in [-0.3, -0.25) is 14.5 Å². The number of nitrogens with zero attached hydrogens (tertiary/aromatic N) is 2. The molecule has 1 heterocycles. The summed E-state index contributed by atoms with van der Waals surface area (Å²) in [5.74, 6) is -0.776. The molecule has 0 aromatic rings. The molecule has 7 heteroatoms. The van der Waals surface area contributed by atoms with Gasteiger partial charge in [-0.1, -0.05) is 46.0 Å². The molecule has 2 aliphatic rings. The van der Waals surface area contributed by atoms with Crippen molar-refractivity contribution in [3.05, 3.63) is 0 Å². The quantitative estimate of drug-likeness (QED) is 0.689. The first-order chi connectivity index (χ1) is 11.9. The average molecular weight is 348 g/mol. The van der Waals surface area contributed by atoms with E-state index in [4.69, 9.17) is 0 Å². The highest BCUT2D eigenvalue weighted by Gasteiger charge is 2.50. The van der Waals surface area contributed by atoms with E-state index in [9.17, 15) is 19.6 Å². The van der Waals surface area contributed by atoms with Crippen LogP contribution in [0.15, 0.2) is 0 Å². The predicted octanol–water partition coefficient (Wildman–Crippen LogP) is 2.22. The average Bonchev–Trinajstić information content (AvgIpc) is 2.81. The highest BCUT2D eigenvalue weighted by molar-refractivity contribution is 6.09. The largest absolute Gasteiger partial charge is 0.336 e. The second kappa shape index (κ2) is 7.85. The fourth-order valence-electron chi connectivity index (χ4n) is 4.01. The van der Waals surface area contributed by atoms with E-state index in [1.165, 1.54) is 0 Å². The van der Waals surface area contributed by atoms with Crippen molar-refractivity contribution in [1.29, 1.82) is 5.26 Å². The second-order valence-corrected chi connectivity index (χ2v) is 7.21. The van der Waals surface area contributed by atoms with Crippen LogP contribution in [0.5, 0.6) is 0 Å². The zero-order chi connectivity index (χ0) is 18.5. The van der Waals surface area contributed by atoms with E-state index >= 15 is 0 Å². The van der Waals surface area contributed by atoms with Crippen molar-refractivity contribution >= 4 is 17.8 Å². The molecule has 2 fully saturated rings. The minimum atomic E-state index is -0.890. The lowest BCUT2D eigenvalue weighted by Crippen LogP contribution is -2.53. The van der Waals surface area contributed by atoms with Crippen LogP contribution in [0.4, 0.5) is 4.79 Å². The van der Waals surface area contributed by atoms with Crippen molar-refractivity contribution in [2.45, 2.75) is 82.7 Å². The number of carbonyl (C=O) groups is 3. The number of hydrogen-bond acceptors (Lipinski definition) is 4. The van der Waals surface area contributed by atoms with Gasteiger partial charge in [0.2, 0.25) is 5.91 Å². The number of carbonyl (C=O) groups excluding carboxylic acids is 3. The molecule has 0 aromatic heterocycles. The topological polar surface area (TPSA) is 102 Å². The van der Waals surface area contributed by atoms with Crippen molar-refractivity contribution < 1.29 is 14.4 Å². The van der Waals surface area contributed by atoms with Crippen LogP contribution >= 0.6 is 0 Å². The van der Waals surface area contributed by atoms with Crippen LogP contribution in [-0.2, 0) is 9.59 Å². The molecule has 1 saturated heterocycles. The number of rotatable bonds is 7. The summed E-state index contributed by atoms with van der Waals surface area (Å²) in [6.45, 7) is 3.60. The van der Waals surface area contributed by atoms with Crippen molar-refractivity contribution in [1.82, 2.24) is 15.5 Å². The van der Waals surface area contributed by atoms with Crippen LogP contribution in [0.3, 0.4) is 0 Å². The van der Waals surface area contributed by atoms with E-state index in [0.29, 0.717) is 25.7 Å². The number of amides is 4. The SMILES string of the molecule is CCCC1(CCC)NC(=O)N(CC(=O)NC2(C#N)CCCCC2)C1=O. The summed E-state index contributed by atoms with van der Waals surface area (Å²) in [6.07, 6.45) is 6.74. The zero-order valence-corrected chi connectivity index (χ0v) is 15.2. The zero-order valence-electron chi connectivity index (χ0n) is 15.2. The Hall–Kier alpha value is -2.10. The Morgan fingerprint density at radius 2 is 1.80 bits per heavy atom. The van der Waals surface area contributed by atoms with Crippen LogP contribution < -0.4 is 10.6 Å². The second-order valence-electron chi connectivity index (χ2n) is 7.21. The minimum absolute atomic E-state index is 0.328. The van der Waals surface area contributed by atoms with Gasteiger partial charge in [-0.05, 0) is 25.7 Å². The lowest BCUT2D eigenvalue weighted by Gasteiger charge is -2.32. The van der Waals surface area contributed by atoms with Crippen LogP contribution in [0, 0.1) is 11.3 Å². The van der Waals surface area contributed by atoms with E-state index in [2.05, 4.69) is 16.7 Å². The van der Waals surface area contributed by atoms with Gasteiger partial charge in [-0.15, -0.1) is 0 Å². The normalized spacial score (nSPS) is 21.6. The van der Waals surface area contributed by atoms with Crippen molar-refractivity contribution in [3.8, 4) is 6.07 Å². The number of nitrogens with one attached hydrogen (secondary N) is 2. The summed E-state index contributed by atoms with van der Waals surface area (Å²) in [6, 6.07) is 1.70. The van der Waals surface area contributed by atoms with Gasteiger partial charge in [0, 0.05) is 0 Å². The maximum absolute atomic E-state index is 12.8. The first-order valence-corrected chi connectivity index (χ1v) is 9.28.